The van der Waals surface area contributed by atoms with Gasteiger partial charge in [0.25, 0.3) is 0 Å². The van der Waals surface area contributed by atoms with E-state index in [0.29, 0.717) is 34.3 Å². The molecule has 0 aliphatic heterocycles. The average Bonchev–Trinajstić information content (AvgIpc) is 3.80. The van der Waals surface area contributed by atoms with Crippen molar-refractivity contribution in [1.82, 2.24) is 19.5 Å². The van der Waals surface area contributed by atoms with Gasteiger partial charge in [0.15, 0.2) is 17.5 Å². The number of aromatic nitrogens is 4. The van der Waals surface area contributed by atoms with E-state index in [0.717, 1.165) is 32.9 Å². The Morgan fingerprint density at radius 2 is 1.02 bits per heavy atom. The van der Waals surface area contributed by atoms with Gasteiger partial charge in [-0.15, -0.1) is 0 Å². The molecule has 0 unspecified atom stereocenters. The quantitative estimate of drug-likeness (QED) is 0.187. The minimum atomic E-state index is -0.368. The maximum atomic E-state index is 9.45. The fourth-order valence-corrected chi connectivity index (χ4v) is 6.82. The van der Waals surface area contributed by atoms with E-state index in [1.807, 2.05) is 115 Å². The first-order valence-electron chi connectivity index (χ1n) is 19.2. The number of fused-ring (bicyclic) bond motifs is 6. The molecule has 0 saturated heterocycles. The Hall–Kier alpha value is -6.85. The van der Waals surface area contributed by atoms with Crippen molar-refractivity contribution in [3.8, 4) is 51.0 Å². The summed E-state index contributed by atoms with van der Waals surface area (Å²) in [6.45, 7) is 0. The van der Waals surface area contributed by atoms with E-state index in [2.05, 4.69) is 16.7 Å². The molecule has 0 N–H and O–H groups in total. The lowest BCUT2D eigenvalue weighted by Gasteiger charge is -2.19. The summed E-state index contributed by atoms with van der Waals surface area (Å²) in [5.41, 5.74) is 5.36. The number of para-hydroxylation sites is 5. The standard InChI is InChI=1S/C45H28N4O/c1-3-15-29(16-4-1)43-46-44(30-17-5-2-6-18-30)48-45(47-43)37-25-13-22-34(36-24-14-23-35-33-21-9-12-28-40(33)50-42(35)36)41(37)49-38-26-10-7-19-31(38)32-20-8-11-27-39(32)49/h1-28H/i9D,14D,21D,23D,24D,28D. The first-order chi connectivity index (χ1) is 27.3. The van der Waals surface area contributed by atoms with E-state index in [1.54, 1.807) is 0 Å². The van der Waals surface area contributed by atoms with Gasteiger partial charge in [-0.3, -0.25) is 0 Å². The van der Waals surface area contributed by atoms with Gasteiger partial charge in [0.1, 0.15) is 11.2 Å². The van der Waals surface area contributed by atoms with Crippen molar-refractivity contribution in [1.29, 1.82) is 0 Å². The molecule has 3 heterocycles. The highest BCUT2D eigenvalue weighted by Gasteiger charge is 2.24. The molecule has 0 radical (unpaired) electrons. The van der Waals surface area contributed by atoms with Crippen molar-refractivity contribution >= 4 is 43.7 Å². The topological polar surface area (TPSA) is 56.7 Å². The lowest BCUT2D eigenvalue weighted by molar-refractivity contribution is 0.670. The number of rotatable bonds is 5. The lowest BCUT2D eigenvalue weighted by Crippen LogP contribution is -2.05. The van der Waals surface area contributed by atoms with Crippen LogP contribution in [0.25, 0.3) is 94.7 Å². The molecular formula is C45H28N4O. The maximum absolute atomic E-state index is 9.45. The number of hydrogen-bond acceptors (Lipinski definition) is 4. The number of hydrogen-bond donors (Lipinski definition) is 0. The van der Waals surface area contributed by atoms with Crippen LogP contribution < -0.4 is 0 Å². The Bertz CT molecular complexity index is 3110. The summed E-state index contributed by atoms with van der Waals surface area (Å²) in [7, 11) is 0. The van der Waals surface area contributed by atoms with Gasteiger partial charge in [0.05, 0.1) is 24.9 Å². The van der Waals surface area contributed by atoms with Crippen LogP contribution >= 0.6 is 0 Å². The molecule has 0 atom stereocenters. The summed E-state index contributed by atoms with van der Waals surface area (Å²) in [4.78, 5) is 15.1. The molecule has 0 saturated carbocycles. The highest BCUT2D eigenvalue weighted by Crippen LogP contribution is 2.44. The van der Waals surface area contributed by atoms with E-state index in [4.69, 9.17) is 26.2 Å². The van der Waals surface area contributed by atoms with Crippen molar-refractivity contribution in [2.24, 2.45) is 0 Å². The number of nitrogens with zero attached hydrogens (tertiary/aromatic N) is 4. The van der Waals surface area contributed by atoms with Gasteiger partial charge in [-0.05, 0) is 24.2 Å². The van der Waals surface area contributed by atoms with Crippen molar-refractivity contribution in [2.45, 2.75) is 0 Å². The van der Waals surface area contributed by atoms with Crippen LogP contribution in [0, 0.1) is 0 Å². The summed E-state index contributed by atoms with van der Waals surface area (Å²) in [5, 5.41) is 2.21. The predicted molar refractivity (Wildman–Crippen MR) is 203 cm³/mol. The third kappa shape index (κ3) is 4.45. The Morgan fingerprint density at radius 3 is 1.70 bits per heavy atom. The zero-order valence-corrected chi connectivity index (χ0v) is 26.4. The van der Waals surface area contributed by atoms with Crippen LogP contribution in [-0.2, 0) is 0 Å². The van der Waals surface area contributed by atoms with Gasteiger partial charge in [-0.25, -0.2) is 15.0 Å². The Morgan fingerprint density at radius 1 is 0.440 bits per heavy atom. The highest BCUT2D eigenvalue weighted by molar-refractivity contribution is 6.13. The summed E-state index contributed by atoms with van der Waals surface area (Å²) in [5.74, 6) is 1.31. The number of furan rings is 1. The predicted octanol–water partition coefficient (Wildman–Crippen LogP) is 11.5. The normalized spacial score (nSPS) is 13.3. The van der Waals surface area contributed by atoms with Crippen LogP contribution in [0.1, 0.15) is 8.22 Å². The van der Waals surface area contributed by atoms with E-state index in [-0.39, 0.29) is 63.8 Å². The van der Waals surface area contributed by atoms with Gasteiger partial charge in [0.2, 0.25) is 0 Å². The summed E-state index contributed by atoms with van der Waals surface area (Å²) in [6.07, 6.45) is 0. The molecule has 50 heavy (non-hydrogen) atoms. The van der Waals surface area contributed by atoms with Gasteiger partial charge < -0.3 is 8.98 Å². The Labute approximate surface area is 296 Å². The summed E-state index contributed by atoms with van der Waals surface area (Å²) in [6, 6.07) is 40.9. The molecule has 3 aromatic heterocycles. The first kappa shape index (κ1) is 22.7. The molecule has 0 aliphatic rings. The molecule has 0 bridgehead atoms. The SMILES string of the molecule is [2H]c1cc([2H])c2oc3c(-c4cccc(-c5nc(-c6ccccc6)nc(-c6ccccc6)n5)c4-n4c5ccccc5c5ccccc54)c([2H])c([2H])c([2H])c3c2c1[2H]. The summed E-state index contributed by atoms with van der Waals surface area (Å²) < 4.78 is 61.9. The van der Waals surface area contributed by atoms with E-state index >= 15 is 0 Å². The van der Waals surface area contributed by atoms with Crippen molar-refractivity contribution in [3.63, 3.8) is 0 Å². The summed E-state index contributed by atoms with van der Waals surface area (Å²) >= 11 is 0. The second-order valence-corrected chi connectivity index (χ2v) is 11.9. The molecule has 10 aromatic rings. The van der Waals surface area contributed by atoms with Crippen molar-refractivity contribution in [2.75, 3.05) is 0 Å². The van der Waals surface area contributed by atoms with Crippen LogP contribution in [-0.4, -0.2) is 19.5 Å². The molecule has 0 amide bonds. The minimum Gasteiger partial charge on any atom is -0.455 e. The molecule has 0 fully saturated rings. The van der Waals surface area contributed by atoms with Crippen LogP contribution in [0.5, 0.6) is 0 Å². The smallest absolute Gasteiger partial charge is 0.166 e. The van der Waals surface area contributed by atoms with Crippen LogP contribution in [0.4, 0.5) is 0 Å². The lowest BCUT2D eigenvalue weighted by atomic mass is 9.97. The van der Waals surface area contributed by atoms with Gasteiger partial charge >= 0.3 is 0 Å². The van der Waals surface area contributed by atoms with Crippen LogP contribution in [0.3, 0.4) is 0 Å². The third-order valence-electron chi connectivity index (χ3n) is 9.03. The third-order valence-corrected chi connectivity index (χ3v) is 9.03. The minimum absolute atomic E-state index is 0.0211. The second-order valence-electron chi connectivity index (χ2n) is 11.9. The molecule has 0 spiro atoms. The fourth-order valence-electron chi connectivity index (χ4n) is 6.82. The van der Waals surface area contributed by atoms with E-state index in [1.165, 1.54) is 6.07 Å². The molecule has 10 rings (SSSR count). The Balaban J connectivity index is 1.39. The van der Waals surface area contributed by atoms with Crippen LogP contribution in [0.2, 0.25) is 0 Å². The van der Waals surface area contributed by atoms with E-state index in [9.17, 15) is 1.37 Å². The monoisotopic (exact) mass is 646 g/mol. The Kier molecular flexibility index (Phi) is 5.17. The molecule has 5 heteroatoms. The van der Waals surface area contributed by atoms with E-state index < -0.39 is 0 Å². The molecular weight excluding hydrogens is 613 g/mol. The fraction of sp³-hybridized carbons (Fsp3) is 0. The molecule has 234 valence electrons. The number of benzene rings is 7. The molecule has 5 nitrogen and oxygen atoms in total. The van der Waals surface area contributed by atoms with Crippen LogP contribution in [0.15, 0.2) is 174 Å². The first-order valence-corrected chi connectivity index (χ1v) is 16.2. The zero-order chi connectivity index (χ0) is 38.2. The maximum Gasteiger partial charge on any atom is 0.166 e. The van der Waals surface area contributed by atoms with Gasteiger partial charge in [-0.2, -0.15) is 0 Å². The van der Waals surface area contributed by atoms with Crippen molar-refractivity contribution in [3.05, 3.63) is 170 Å². The zero-order valence-electron chi connectivity index (χ0n) is 32.4. The van der Waals surface area contributed by atoms with Gasteiger partial charge in [0, 0.05) is 49.4 Å². The largest absolute Gasteiger partial charge is 0.455 e. The van der Waals surface area contributed by atoms with Crippen molar-refractivity contribution < 1.29 is 12.6 Å². The average molecular weight is 647 g/mol. The van der Waals surface area contributed by atoms with Gasteiger partial charge in [-0.1, -0.05) is 145 Å². The molecule has 0 aliphatic carbocycles. The molecule has 7 aromatic carbocycles. The second kappa shape index (κ2) is 11.4. The highest BCUT2D eigenvalue weighted by atomic mass is 16.3.